The number of non-ortho nitro benzene ring substituents is 1. The number of nitro benzene ring substituents is 1. The minimum Gasteiger partial charge on any atom is -0.481 e. The van der Waals surface area contributed by atoms with Crippen molar-refractivity contribution in [3.63, 3.8) is 0 Å². The molecule has 0 aromatic heterocycles. The van der Waals surface area contributed by atoms with Gasteiger partial charge in [0.25, 0.3) is 5.69 Å². The molecule has 0 aliphatic rings. The first-order valence-electron chi connectivity index (χ1n) is 7.16. The Morgan fingerprint density at radius 2 is 1.91 bits per heavy atom. The van der Waals surface area contributed by atoms with Gasteiger partial charge in [-0.3, -0.25) is 14.9 Å². The molecule has 0 amide bonds. The maximum absolute atomic E-state index is 11.9. The number of hydrogen-bond donors (Lipinski definition) is 1. The van der Waals surface area contributed by atoms with Crippen LogP contribution in [0.3, 0.4) is 0 Å². The van der Waals surface area contributed by atoms with Crippen molar-refractivity contribution in [2.24, 2.45) is 0 Å². The number of carbonyl (C=O) groups is 1. The second-order valence-electron chi connectivity index (χ2n) is 5.15. The van der Waals surface area contributed by atoms with Gasteiger partial charge < -0.3 is 5.11 Å². The molecule has 0 radical (unpaired) electrons. The Morgan fingerprint density at radius 1 is 1.22 bits per heavy atom. The molecule has 0 saturated heterocycles. The number of nitrogens with zero attached hydrogens (tertiary/aromatic N) is 1. The van der Waals surface area contributed by atoms with Crippen LogP contribution in [0.2, 0.25) is 0 Å². The van der Waals surface area contributed by atoms with Crippen LogP contribution in [0.4, 0.5) is 5.69 Å². The van der Waals surface area contributed by atoms with Crippen LogP contribution >= 0.6 is 11.8 Å². The van der Waals surface area contributed by atoms with Crippen LogP contribution in [0.15, 0.2) is 59.5 Å². The molecule has 1 N–H and O–H groups in total. The van der Waals surface area contributed by atoms with Gasteiger partial charge in [0.05, 0.1) is 4.92 Å². The highest BCUT2D eigenvalue weighted by atomic mass is 32.2. The normalized spacial score (nSPS) is 13.3. The summed E-state index contributed by atoms with van der Waals surface area (Å²) in [6.45, 7) is 1.84. The number of thioether (sulfide) groups is 1. The third-order valence-electron chi connectivity index (χ3n) is 3.85. The summed E-state index contributed by atoms with van der Waals surface area (Å²) in [4.78, 5) is 23.0. The van der Waals surface area contributed by atoms with Crippen LogP contribution in [-0.4, -0.2) is 21.8 Å². The Hall–Kier alpha value is -2.34. The molecular weight excluding hydrogens is 314 g/mol. The van der Waals surface area contributed by atoms with E-state index in [1.54, 1.807) is 12.1 Å². The number of aliphatic carboxylic acids is 1. The van der Waals surface area contributed by atoms with E-state index >= 15 is 0 Å². The van der Waals surface area contributed by atoms with Gasteiger partial charge in [-0.25, -0.2) is 0 Å². The van der Waals surface area contributed by atoms with Crippen molar-refractivity contribution in [2.45, 2.75) is 23.7 Å². The second kappa shape index (κ2) is 7.28. The Bertz CT molecular complexity index is 705. The maximum atomic E-state index is 11.9. The van der Waals surface area contributed by atoms with Gasteiger partial charge in [-0.05, 0) is 18.1 Å². The zero-order valence-corrected chi connectivity index (χ0v) is 13.5. The molecule has 0 bridgehead atoms. The van der Waals surface area contributed by atoms with E-state index in [-0.39, 0.29) is 5.69 Å². The number of nitro groups is 1. The highest BCUT2D eigenvalue weighted by molar-refractivity contribution is 7.99. The summed E-state index contributed by atoms with van der Waals surface area (Å²) in [6, 6.07) is 15.4. The quantitative estimate of drug-likeness (QED) is 0.469. The van der Waals surface area contributed by atoms with Gasteiger partial charge in [-0.1, -0.05) is 43.3 Å². The fourth-order valence-corrected chi connectivity index (χ4v) is 3.66. The van der Waals surface area contributed by atoms with E-state index in [1.165, 1.54) is 23.9 Å². The molecule has 23 heavy (non-hydrogen) atoms. The predicted molar refractivity (Wildman–Crippen MR) is 89.9 cm³/mol. The van der Waals surface area contributed by atoms with Crippen molar-refractivity contribution in [3.05, 3.63) is 70.3 Å². The number of rotatable bonds is 7. The Kier molecular flexibility index (Phi) is 5.39. The van der Waals surface area contributed by atoms with Crippen molar-refractivity contribution >= 4 is 23.4 Å². The van der Waals surface area contributed by atoms with Crippen molar-refractivity contribution in [1.82, 2.24) is 0 Å². The lowest BCUT2D eigenvalue weighted by molar-refractivity contribution is -0.385. The topological polar surface area (TPSA) is 80.4 Å². The zero-order valence-electron chi connectivity index (χ0n) is 12.6. The number of benzene rings is 2. The Morgan fingerprint density at radius 3 is 2.48 bits per heavy atom. The Labute approximate surface area is 138 Å². The van der Waals surface area contributed by atoms with E-state index in [0.717, 1.165) is 5.56 Å². The third kappa shape index (κ3) is 3.71. The van der Waals surface area contributed by atoms with Crippen LogP contribution in [0.5, 0.6) is 0 Å². The van der Waals surface area contributed by atoms with Crippen LogP contribution in [0.25, 0.3) is 0 Å². The summed E-state index contributed by atoms with van der Waals surface area (Å²) in [5, 5.41) is 20.6. The molecule has 6 heteroatoms. The molecule has 0 saturated carbocycles. The molecular formula is C17H17NO4S. The highest BCUT2D eigenvalue weighted by Gasteiger charge is 2.38. The first-order valence-corrected chi connectivity index (χ1v) is 8.14. The molecule has 5 nitrogen and oxygen atoms in total. The summed E-state index contributed by atoms with van der Waals surface area (Å²) in [6.07, 6.45) is 0.439. The number of hydrogen-bond acceptors (Lipinski definition) is 4. The molecule has 2 aromatic rings. The molecule has 120 valence electrons. The van der Waals surface area contributed by atoms with Gasteiger partial charge in [0.15, 0.2) is 0 Å². The molecule has 0 heterocycles. The van der Waals surface area contributed by atoms with Gasteiger partial charge in [0.1, 0.15) is 5.41 Å². The van der Waals surface area contributed by atoms with Crippen LogP contribution in [0.1, 0.15) is 18.9 Å². The monoisotopic (exact) mass is 331 g/mol. The average molecular weight is 331 g/mol. The molecule has 0 aliphatic heterocycles. The van der Waals surface area contributed by atoms with Crippen molar-refractivity contribution in [3.8, 4) is 0 Å². The van der Waals surface area contributed by atoms with E-state index in [0.29, 0.717) is 17.1 Å². The van der Waals surface area contributed by atoms with E-state index < -0.39 is 16.3 Å². The molecule has 1 atom stereocenters. The largest absolute Gasteiger partial charge is 0.481 e. The van der Waals surface area contributed by atoms with Crippen LogP contribution < -0.4 is 0 Å². The van der Waals surface area contributed by atoms with E-state index in [9.17, 15) is 20.0 Å². The minimum absolute atomic E-state index is 0.00661. The summed E-state index contributed by atoms with van der Waals surface area (Å²) >= 11 is 1.32. The summed E-state index contributed by atoms with van der Waals surface area (Å²) in [5.74, 6) is -0.576. The van der Waals surface area contributed by atoms with Crippen LogP contribution in [0, 0.1) is 10.1 Å². The van der Waals surface area contributed by atoms with Gasteiger partial charge in [-0.15, -0.1) is 11.8 Å². The molecule has 2 rings (SSSR count). The third-order valence-corrected chi connectivity index (χ3v) is 5.08. The molecule has 2 aromatic carbocycles. The number of carboxylic acid groups (broad SMARTS) is 1. The second-order valence-corrected chi connectivity index (χ2v) is 6.20. The van der Waals surface area contributed by atoms with Crippen molar-refractivity contribution in [1.29, 1.82) is 0 Å². The SMILES string of the molecule is CCC(CSc1cccc([N+](=O)[O-])c1)(C(=O)O)c1ccccc1. The van der Waals surface area contributed by atoms with Gasteiger partial charge in [0.2, 0.25) is 0 Å². The van der Waals surface area contributed by atoms with Gasteiger partial charge in [-0.2, -0.15) is 0 Å². The summed E-state index contributed by atoms with van der Waals surface area (Å²) < 4.78 is 0. The molecule has 0 aliphatic carbocycles. The summed E-state index contributed by atoms with van der Waals surface area (Å²) in [7, 11) is 0. The lowest BCUT2D eigenvalue weighted by Gasteiger charge is -2.28. The number of carboxylic acids is 1. The minimum atomic E-state index is -1.02. The standard InChI is InChI=1S/C17H17NO4S/c1-2-17(16(19)20,13-7-4-3-5-8-13)12-23-15-10-6-9-14(11-15)18(21)22/h3-11H,2,12H2,1H3,(H,19,20). The smallest absolute Gasteiger partial charge is 0.314 e. The van der Waals surface area contributed by atoms with Crippen molar-refractivity contribution < 1.29 is 14.8 Å². The lowest BCUT2D eigenvalue weighted by Crippen LogP contribution is -2.37. The lowest BCUT2D eigenvalue weighted by atomic mass is 9.80. The van der Waals surface area contributed by atoms with Crippen LogP contribution in [-0.2, 0) is 10.2 Å². The van der Waals surface area contributed by atoms with E-state index in [1.807, 2.05) is 37.3 Å². The fourth-order valence-electron chi connectivity index (χ4n) is 2.38. The summed E-state index contributed by atoms with van der Waals surface area (Å²) in [5.41, 5.74) is -0.267. The van der Waals surface area contributed by atoms with Crippen molar-refractivity contribution in [2.75, 3.05) is 5.75 Å². The molecule has 0 spiro atoms. The highest BCUT2D eigenvalue weighted by Crippen LogP contribution is 2.35. The predicted octanol–water partition coefficient (Wildman–Crippen LogP) is 4.12. The molecule has 1 unspecified atom stereocenters. The van der Waals surface area contributed by atoms with E-state index in [4.69, 9.17) is 0 Å². The Balaban J connectivity index is 2.28. The zero-order chi connectivity index (χ0) is 16.9. The van der Waals surface area contributed by atoms with Gasteiger partial charge >= 0.3 is 5.97 Å². The van der Waals surface area contributed by atoms with Gasteiger partial charge in [0, 0.05) is 22.8 Å². The average Bonchev–Trinajstić information content (AvgIpc) is 2.57. The fraction of sp³-hybridized carbons (Fsp3) is 0.235. The van der Waals surface area contributed by atoms with E-state index in [2.05, 4.69) is 0 Å². The first-order chi connectivity index (χ1) is 11.0. The maximum Gasteiger partial charge on any atom is 0.314 e. The first kappa shape index (κ1) is 17.0. The molecule has 0 fully saturated rings.